The molecule has 4 rings (SSSR count). The minimum Gasteiger partial charge on any atom is -0.351 e. The normalized spacial score (nSPS) is 14.8. The lowest BCUT2D eigenvalue weighted by Gasteiger charge is -2.26. The number of hydrogen-bond acceptors (Lipinski definition) is 5. The fraction of sp³-hybridized carbons (Fsp3) is 0.304. The third-order valence-corrected chi connectivity index (χ3v) is 7.01. The number of aromatic nitrogens is 1. The number of nitrogens with one attached hydrogen (secondary N) is 3. The second kappa shape index (κ2) is 9.72. The van der Waals surface area contributed by atoms with Gasteiger partial charge in [-0.2, -0.15) is 0 Å². The number of aromatic amines is 1. The van der Waals surface area contributed by atoms with E-state index >= 15 is 0 Å². The third kappa shape index (κ3) is 5.58. The number of halogens is 1. The largest absolute Gasteiger partial charge is 0.351 e. The zero-order chi connectivity index (χ0) is 23.4. The lowest BCUT2D eigenvalue weighted by atomic mass is 10.1. The van der Waals surface area contributed by atoms with Crippen molar-refractivity contribution in [2.75, 3.05) is 30.9 Å². The van der Waals surface area contributed by atoms with Gasteiger partial charge in [-0.25, -0.2) is 12.8 Å². The van der Waals surface area contributed by atoms with Crippen LogP contribution in [0, 0.1) is 5.82 Å². The molecule has 3 aromatic rings. The maximum absolute atomic E-state index is 13.1. The number of H-pyrrole nitrogens is 1. The summed E-state index contributed by atoms with van der Waals surface area (Å²) in [5.74, 6) is -0.923. The van der Waals surface area contributed by atoms with Crippen LogP contribution in [0.15, 0.2) is 58.2 Å². The van der Waals surface area contributed by atoms with E-state index in [1.165, 1.54) is 42.8 Å². The average molecular weight is 473 g/mol. The van der Waals surface area contributed by atoms with Gasteiger partial charge in [-0.05, 0) is 68.4 Å². The first-order chi connectivity index (χ1) is 15.8. The van der Waals surface area contributed by atoms with E-state index in [-0.39, 0.29) is 16.1 Å². The molecule has 1 saturated heterocycles. The summed E-state index contributed by atoms with van der Waals surface area (Å²) in [6.07, 6.45) is 3.52. The molecule has 0 radical (unpaired) electrons. The van der Waals surface area contributed by atoms with Crippen LogP contribution < -0.4 is 15.6 Å². The summed E-state index contributed by atoms with van der Waals surface area (Å²) >= 11 is 0. The van der Waals surface area contributed by atoms with Crippen molar-refractivity contribution in [3.63, 3.8) is 0 Å². The Bertz CT molecular complexity index is 1320. The number of likely N-dealkylation sites (tertiary alicyclic amines) is 1. The number of hydrogen-bond donors (Lipinski definition) is 3. The van der Waals surface area contributed by atoms with Gasteiger partial charge < -0.3 is 15.2 Å². The highest BCUT2D eigenvalue weighted by molar-refractivity contribution is 7.92. The van der Waals surface area contributed by atoms with E-state index in [0.717, 1.165) is 38.1 Å². The van der Waals surface area contributed by atoms with Gasteiger partial charge in [0.15, 0.2) is 0 Å². The quantitative estimate of drug-likeness (QED) is 0.490. The second-order valence-electron chi connectivity index (χ2n) is 8.03. The monoisotopic (exact) mass is 472 g/mol. The van der Waals surface area contributed by atoms with Gasteiger partial charge in [0.2, 0.25) is 5.56 Å². The molecule has 0 spiro atoms. The SMILES string of the molecule is O=C(NCCN1CCCCC1)c1cc(=O)[nH]c2ccc(S(=O)(=O)Nc3ccc(F)cc3)cc12. The number of piperidine rings is 1. The number of rotatable bonds is 7. The first kappa shape index (κ1) is 22.9. The fourth-order valence-electron chi connectivity index (χ4n) is 3.93. The van der Waals surface area contributed by atoms with E-state index in [2.05, 4.69) is 19.9 Å². The molecule has 3 N–H and O–H groups in total. The van der Waals surface area contributed by atoms with Crippen LogP contribution in [0.2, 0.25) is 0 Å². The van der Waals surface area contributed by atoms with Crippen LogP contribution in [-0.2, 0) is 10.0 Å². The molecule has 0 atom stereocenters. The Balaban J connectivity index is 1.57. The summed E-state index contributed by atoms with van der Waals surface area (Å²) in [6, 6.07) is 10.2. The van der Waals surface area contributed by atoms with Crippen LogP contribution in [-0.4, -0.2) is 50.4 Å². The molecule has 1 amide bonds. The number of anilines is 1. The van der Waals surface area contributed by atoms with Crippen molar-refractivity contribution in [2.24, 2.45) is 0 Å². The molecule has 2 aromatic carbocycles. The predicted molar refractivity (Wildman–Crippen MR) is 124 cm³/mol. The zero-order valence-electron chi connectivity index (χ0n) is 17.9. The molecule has 8 nitrogen and oxygen atoms in total. The Morgan fingerprint density at radius 3 is 2.48 bits per heavy atom. The van der Waals surface area contributed by atoms with Crippen molar-refractivity contribution in [3.05, 3.63) is 70.3 Å². The number of carbonyl (C=O) groups excluding carboxylic acids is 1. The number of carbonyl (C=O) groups is 1. The van der Waals surface area contributed by atoms with E-state index in [0.29, 0.717) is 24.0 Å². The van der Waals surface area contributed by atoms with Crippen LogP contribution in [0.5, 0.6) is 0 Å². The fourth-order valence-corrected chi connectivity index (χ4v) is 5.01. The van der Waals surface area contributed by atoms with Gasteiger partial charge in [-0.3, -0.25) is 14.3 Å². The Morgan fingerprint density at radius 1 is 1.03 bits per heavy atom. The lowest BCUT2D eigenvalue weighted by molar-refractivity contribution is 0.0948. The molecule has 1 aromatic heterocycles. The van der Waals surface area contributed by atoms with Gasteiger partial charge in [0.05, 0.1) is 10.5 Å². The van der Waals surface area contributed by atoms with Crippen molar-refractivity contribution in [1.29, 1.82) is 0 Å². The van der Waals surface area contributed by atoms with Crippen molar-refractivity contribution in [2.45, 2.75) is 24.2 Å². The summed E-state index contributed by atoms with van der Waals surface area (Å²) in [4.78, 5) is 29.7. The highest BCUT2D eigenvalue weighted by Gasteiger charge is 2.19. The molecule has 0 unspecified atom stereocenters. The maximum atomic E-state index is 13.1. The van der Waals surface area contributed by atoms with E-state index in [1.807, 2.05) is 0 Å². The maximum Gasteiger partial charge on any atom is 0.261 e. The van der Waals surface area contributed by atoms with E-state index in [4.69, 9.17) is 0 Å². The van der Waals surface area contributed by atoms with Crippen LogP contribution in [0.4, 0.5) is 10.1 Å². The highest BCUT2D eigenvalue weighted by atomic mass is 32.2. The molecule has 0 saturated carbocycles. The Labute approximate surface area is 190 Å². The zero-order valence-corrected chi connectivity index (χ0v) is 18.8. The molecule has 1 aliphatic heterocycles. The smallest absolute Gasteiger partial charge is 0.261 e. The summed E-state index contributed by atoms with van der Waals surface area (Å²) < 4.78 is 41.2. The molecular weight excluding hydrogens is 447 g/mol. The number of nitrogens with zero attached hydrogens (tertiary/aromatic N) is 1. The number of benzene rings is 2. The molecule has 0 aliphatic carbocycles. The van der Waals surface area contributed by atoms with Gasteiger partial charge in [0.25, 0.3) is 15.9 Å². The Hall–Kier alpha value is -3.24. The predicted octanol–water partition coefficient (Wildman–Crippen LogP) is 2.68. The van der Waals surface area contributed by atoms with Gasteiger partial charge in [0, 0.05) is 35.7 Å². The standard InChI is InChI=1S/C23H25FN4O4S/c24-16-4-6-17(7-5-16)27-33(31,32)18-8-9-21-19(14-18)20(15-22(29)26-21)23(30)25-10-13-28-11-2-1-3-12-28/h4-9,14-15,27H,1-3,10-13H2,(H,25,30)(H,26,29). The van der Waals surface area contributed by atoms with Crippen LogP contribution in [0.1, 0.15) is 29.6 Å². The van der Waals surface area contributed by atoms with E-state index < -0.39 is 27.3 Å². The number of pyridine rings is 1. The third-order valence-electron chi connectivity index (χ3n) is 5.63. The highest BCUT2D eigenvalue weighted by Crippen LogP contribution is 2.22. The van der Waals surface area contributed by atoms with Crippen LogP contribution in [0.3, 0.4) is 0 Å². The summed E-state index contributed by atoms with van der Waals surface area (Å²) in [5.41, 5.74) is 0.202. The summed E-state index contributed by atoms with van der Waals surface area (Å²) in [7, 11) is -4.00. The average Bonchev–Trinajstić information content (AvgIpc) is 2.80. The number of fused-ring (bicyclic) bond motifs is 1. The number of sulfonamides is 1. The van der Waals surface area contributed by atoms with Crippen molar-refractivity contribution in [1.82, 2.24) is 15.2 Å². The van der Waals surface area contributed by atoms with Gasteiger partial charge >= 0.3 is 0 Å². The van der Waals surface area contributed by atoms with Crippen LogP contribution in [0.25, 0.3) is 10.9 Å². The molecule has 1 fully saturated rings. The molecular formula is C23H25FN4O4S. The lowest BCUT2D eigenvalue weighted by Crippen LogP contribution is -2.37. The summed E-state index contributed by atoms with van der Waals surface area (Å²) in [5, 5.41) is 3.15. The minimum atomic E-state index is -4.00. The minimum absolute atomic E-state index is 0.0891. The molecule has 174 valence electrons. The van der Waals surface area contributed by atoms with Crippen LogP contribution >= 0.6 is 0 Å². The Kier molecular flexibility index (Phi) is 6.75. The van der Waals surface area contributed by atoms with Gasteiger partial charge in [-0.1, -0.05) is 6.42 Å². The first-order valence-corrected chi connectivity index (χ1v) is 12.3. The van der Waals surface area contributed by atoms with Crippen molar-refractivity contribution >= 4 is 32.5 Å². The molecule has 0 bridgehead atoms. The van der Waals surface area contributed by atoms with Crippen molar-refractivity contribution < 1.29 is 17.6 Å². The van der Waals surface area contributed by atoms with E-state index in [1.54, 1.807) is 0 Å². The van der Waals surface area contributed by atoms with Crippen molar-refractivity contribution in [3.8, 4) is 0 Å². The topological polar surface area (TPSA) is 111 Å². The second-order valence-corrected chi connectivity index (χ2v) is 9.71. The molecule has 10 heteroatoms. The van der Waals surface area contributed by atoms with Gasteiger partial charge in [-0.15, -0.1) is 0 Å². The first-order valence-electron chi connectivity index (χ1n) is 10.8. The Morgan fingerprint density at radius 2 is 1.76 bits per heavy atom. The molecule has 1 aliphatic rings. The molecule has 2 heterocycles. The van der Waals surface area contributed by atoms with E-state index in [9.17, 15) is 22.4 Å². The number of amides is 1. The summed E-state index contributed by atoms with van der Waals surface area (Å²) in [6.45, 7) is 3.16. The van der Waals surface area contributed by atoms with Gasteiger partial charge in [0.1, 0.15) is 5.82 Å². The molecule has 33 heavy (non-hydrogen) atoms.